The number of likely N-dealkylation sites (N-methyl/N-ethyl adjacent to an activating group) is 1. The predicted octanol–water partition coefficient (Wildman–Crippen LogP) is 2.33. The molecule has 27 heavy (non-hydrogen) atoms. The van der Waals surface area contributed by atoms with Crippen molar-refractivity contribution in [3.63, 3.8) is 0 Å². The molecule has 0 saturated carbocycles. The zero-order valence-electron chi connectivity index (χ0n) is 14.3. The number of nitrogens with one attached hydrogen (secondary N) is 3. The summed E-state index contributed by atoms with van der Waals surface area (Å²) < 4.78 is 39.5. The molecular weight excluding hydrogens is 361 g/mol. The average Bonchev–Trinajstić information content (AvgIpc) is 3.04. The van der Waals surface area contributed by atoms with Crippen LogP contribution >= 0.6 is 0 Å². The Bertz CT molecular complexity index is 936. The number of alkyl halides is 3. The molecule has 0 aliphatic rings. The summed E-state index contributed by atoms with van der Waals surface area (Å²) in [5.41, 5.74) is 1.08. The number of benzene rings is 1. The van der Waals surface area contributed by atoms with Gasteiger partial charge in [-0.2, -0.15) is 18.2 Å². The molecular formula is C17H17F3N6O. The highest BCUT2D eigenvalue weighted by Gasteiger charge is 2.29. The van der Waals surface area contributed by atoms with Gasteiger partial charge in [0.1, 0.15) is 0 Å². The standard InChI is InChI=1S/C17H17F3N6O/c1-21-15(27)10-22-9-13-3-2-4-14-24-16(25-26(13)14)23-12-7-5-11(6-8-12)17(18,19)20/h2-8,22H,9-10H2,1H3,(H,21,27)(H,23,25). The molecule has 0 unspecified atom stereocenters. The van der Waals surface area contributed by atoms with Crippen molar-refractivity contribution in [2.24, 2.45) is 0 Å². The minimum atomic E-state index is -4.38. The van der Waals surface area contributed by atoms with Crippen LogP contribution in [-0.2, 0) is 17.5 Å². The molecule has 0 radical (unpaired) electrons. The molecule has 0 spiro atoms. The maximum absolute atomic E-state index is 12.6. The minimum Gasteiger partial charge on any atom is -0.358 e. The van der Waals surface area contributed by atoms with E-state index < -0.39 is 11.7 Å². The van der Waals surface area contributed by atoms with Crippen molar-refractivity contribution in [1.82, 2.24) is 25.2 Å². The van der Waals surface area contributed by atoms with Gasteiger partial charge in [-0.25, -0.2) is 4.52 Å². The third-order valence-corrected chi connectivity index (χ3v) is 3.78. The van der Waals surface area contributed by atoms with E-state index in [4.69, 9.17) is 0 Å². The van der Waals surface area contributed by atoms with E-state index in [9.17, 15) is 18.0 Å². The smallest absolute Gasteiger partial charge is 0.358 e. The molecule has 10 heteroatoms. The second kappa shape index (κ2) is 7.62. The molecule has 3 aromatic rings. The van der Waals surface area contributed by atoms with Gasteiger partial charge in [-0.3, -0.25) is 4.79 Å². The maximum atomic E-state index is 12.6. The highest BCUT2D eigenvalue weighted by Crippen LogP contribution is 2.30. The fourth-order valence-electron chi connectivity index (χ4n) is 2.41. The zero-order valence-corrected chi connectivity index (χ0v) is 14.3. The van der Waals surface area contributed by atoms with Crippen LogP contribution in [0.3, 0.4) is 0 Å². The predicted molar refractivity (Wildman–Crippen MR) is 93.5 cm³/mol. The average molecular weight is 378 g/mol. The second-order valence-corrected chi connectivity index (χ2v) is 5.70. The minimum absolute atomic E-state index is 0.134. The molecule has 0 aliphatic heterocycles. The third-order valence-electron chi connectivity index (χ3n) is 3.78. The summed E-state index contributed by atoms with van der Waals surface area (Å²) in [7, 11) is 1.56. The van der Waals surface area contributed by atoms with E-state index in [-0.39, 0.29) is 18.4 Å². The number of pyridine rings is 1. The van der Waals surface area contributed by atoms with E-state index in [1.54, 1.807) is 17.6 Å². The Morgan fingerprint density at radius 3 is 2.56 bits per heavy atom. The normalized spacial score (nSPS) is 11.6. The lowest BCUT2D eigenvalue weighted by atomic mass is 10.2. The Balaban J connectivity index is 1.74. The van der Waals surface area contributed by atoms with Crippen LogP contribution in [-0.4, -0.2) is 34.1 Å². The van der Waals surface area contributed by atoms with Gasteiger partial charge in [0.15, 0.2) is 5.65 Å². The SMILES string of the molecule is CNC(=O)CNCc1cccc2nc(Nc3ccc(C(F)(F)F)cc3)nn12. The van der Waals surface area contributed by atoms with Crippen molar-refractivity contribution >= 4 is 23.2 Å². The van der Waals surface area contributed by atoms with Gasteiger partial charge in [-0.05, 0) is 36.4 Å². The number of nitrogens with zero attached hydrogens (tertiary/aromatic N) is 3. The van der Waals surface area contributed by atoms with Gasteiger partial charge in [-0.1, -0.05) is 6.07 Å². The lowest BCUT2D eigenvalue weighted by molar-refractivity contribution is -0.137. The molecule has 142 valence electrons. The quantitative estimate of drug-likeness (QED) is 0.613. The first-order valence-electron chi connectivity index (χ1n) is 8.07. The number of fused-ring (bicyclic) bond motifs is 1. The van der Waals surface area contributed by atoms with E-state index in [1.807, 2.05) is 12.1 Å². The van der Waals surface area contributed by atoms with E-state index in [0.717, 1.165) is 17.8 Å². The van der Waals surface area contributed by atoms with Crippen LogP contribution in [0.15, 0.2) is 42.5 Å². The van der Waals surface area contributed by atoms with Crippen LogP contribution in [0.2, 0.25) is 0 Å². The van der Waals surface area contributed by atoms with Gasteiger partial charge in [0, 0.05) is 19.3 Å². The summed E-state index contributed by atoms with van der Waals surface area (Å²) in [6.07, 6.45) is -4.38. The molecule has 0 saturated heterocycles. The molecule has 1 aromatic carbocycles. The Hall–Kier alpha value is -3.14. The number of aromatic nitrogens is 3. The van der Waals surface area contributed by atoms with E-state index >= 15 is 0 Å². The summed E-state index contributed by atoms with van der Waals surface area (Å²) in [4.78, 5) is 15.6. The molecule has 0 atom stereocenters. The van der Waals surface area contributed by atoms with Crippen molar-refractivity contribution in [1.29, 1.82) is 0 Å². The van der Waals surface area contributed by atoms with Gasteiger partial charge in [0.25, 0.3) is 0 Å². The summed E-state index contributed by atoms with van der Waals surface area (Å²) in [5.74, 6) is 0.124. The largest absolute Gasteiger partial charge is 0.416 e. The molecule has 2 aromatic heterocycles. The highest BCUT2D eigenvalue weighted by molar-refractivity contribution is 5.77. The molecule has 7 nitrogen and oxygen atoms in total. The second-order valence-electron chi connectivity index (χ2n) is 5.70. The monoisotopic (exact) mass is 378 g/mol. The summed E-state index contributed by atoms with van der Waals surface area (Å²) >= 11 is 0. The summed E-state index contributed by atoms with van der Waals surface area (Å²) in [6.45, 7) is 0.562. The highest BCUT2D eigenvalue weighted by atomic mass is 19.4. The maximum Gasteiger partial charge on any atom is 0.416 e. The van der Waals surface area contributed by atoms with E-state index in [2.05, 4.69) is 26.0 Å². The van der Waals surface area contributed by atoms with Crippen molar-refractivity contribution in [2.75, 3.05) is 18.9 Å². The lowest BCUT2D eigenvalue weighted by Crippen LogP contribution is -2.31. The van der Waals surface area contributed by atoms with Crippen LogP contribution in [0.5, 0.6) is 0 Å². The number of carbonyl (C=O) groups is 1. The van der Waals surface area contributed by atoms with Crippen LogP contribution in [0.4, 0.5) is 24.8 Å². The van der Waals surface area contributed by atoms with Crippen LogP contribution < -0.4 is 16.0 Å². The molecule has 3 rings (SSSR count). The first kappa shape index (κ1) is 18.6. The number of carbonyl (C=O) groups excluding carboxylic acids is 1. The number of halogens is 3. The molecule has 0 bridgehead atoms. The van der Waals surface area contributed by atoms with Crippen molar-refractivity contribution in [3.8, 4) is 0 Å². The number of hydrogen-bond donors (Lipinski definition) is 3. The first-order chi connectivity index (χ1) is 12.9. The van der Waals surface area contributed by atoms with Gasteiger partial charge >= 0.3 is 6.18 Å². The lowest BCUT2D eigenvalue weighted by Gasteiger charge is -2.07. The van der Waals surface area contributed by atoms with Gasteiger partial charge in [-0.15, -0.1) is 5.10 Å². The number of hydrogen-bond acceptors (Lipinski definition) is 5. The number of rotatable bonds is 6. The molecule has 0 aliphatic carbocycles. The van der Waals surface area contributed by atoms with Gasteiger partial charge in [0.05, 0.1) is 17.8 Å². The topological polar surface area (TPSA) is 83.3 Å². The van der Waals surface area contributed by atoms with E-state index in [0.29, 0.717) is 17.9 Å². The summed E-state index contributed by atoms with van der Waals surface area (Å²) in [5, 5.41) is 12.7. The molecule has 0 fully saturated rings. The first-order valence-corrected chi connectivity index (χ1v) is 8.07. The molecule has 1 amide bonds. The fourth-order valence-corrected chi connectivity index (χ4v) is 2.41. The Kier molecular flexibility index (Phi) is 5.26. The van der Waals surface area contributed by atoms with Gasteiger partial charge in [0.2, 0.25) is 11.9 Å². The third kappa shape index (κ3) is 4.53. The van der Waals surface area contributed by atoms with Crippen molar-refractivity contribution in [2.45, 2.75) is 12.7 Å². The number of amides is 1. The van der Waals surface area contributed by atoms with E-state index in [1.165, 1.54) is 12.1 Å². The molecule has 3 N–H and O–H groups in total. The fraction of sp³-hybridized carbons (Fsp3) is 0.235. The van der Waals surface area contributed by atoms with Crippen LogP contribution in [0.25, 0.3) is 5.65 Å². The van der Waals surface area contributed by atoms with Crippen LogP contribution in [0.1, 0.15) is 11.3 Å². The molecule has 2 heterocycles. The van der Waals surface area contributed by atoms with Crippen molar-refractivity contribution in [3.05, 3.63) is 53.7 Å². The Morgan fingerprint density at radius 1 is 1.15 bits per heavy atom. The zero-order chi connectivity index (χ0) is 19.4. The Labute approximate surface area is 152 Å². The number of anilines is 2. The van der Waals surface area contributed by atoms with Gasteiger partial charge < -0.3 is 16.0 Å². The van der Waals surface area contributed by atoms with Crippen LogP contribution in [0, 0.1) is 0 Å². The van der Waals surface area contributed by atoms with Crippen molar-refractivity contribution < 1.29 is 18.0 Å². The Morgan fingerprint density at radius 2 is 1.89 bits per heavy atom. The summed E-state index contributed by atoms with van der Waals surface area (Å²) in [6, 6.07) is 10.0.